The fourth-order valence-electron chi connectivity index (χ4n) is 2.57. The van der Waals surface area contributed by atoms with Crippen molar-refractivity contribution in [1.82, 2.24) is 0 Å². The quantitative estimate of drug-likeness (QED) is 0.843. The fraction of sp³-hybridized carbons (Fsp3) is 0.316. The first-order valence-electron chi connectivity index (χ1n) is 7.97. The molecule has 0 saturated heterocycles. The molecule has 0 aliphatic rings. The lowest BCUT2D eigenvalue weighted by molar-refractivity contribution is -0.119. The Kier molecular flexibility index (Phi) is 5.75. The molecule has 1 N–H and O–H groups in total. The van der Waals surface area contributed by atoms with Crippen molar-refractivity contribution in [2.45, 2.75) is 33.6 Å². The number of nitrogens with one attached hydrogen (secondary N) is 1. The van der Waals surface area contributed by atoms with Crippen molar-refractivity contribution >= 4 is 17.6 Å². The number of para-hydroxylation sites is 1. The van der Waals surface area contributed by atoms with E-state index in [9.17, 15) is 14.4 Å². The van der Waals surface area contributed by atoms with Crippen LogP contribution in [0.15, 0.2) is 39.5 Å². The van der Waals surface area contributed by atoms with Crippen LogP contribution in [0.3, 0.4) is 0 Å². The zero-order valence-electron chi connectivity index (χ0n) is 14.7. The number of hydrogen-bond acceptors (Lipinski definition) is 5. The molecule has 0 radical (unpaired) electrons. The number of hydrogen-bond donors (Lipinski definition) is 1. The second-order valence-electron chi connectivity index (χ2n) is 6.05. The Bertz CT molecular complexity index is 825. The average Bonchev–Trinajstić information content (AvgIpc) is 2.52. The van der Waals surface area contributed by atoms with Crippen LogP contribution in [0.5, 0.6) is 0 Å². The van der Waals surface area contributed by atoms with Crippen molar-refractivity contribution in [3.8, 4) is 0 Å². The summed E-state index contributed by atoms with van der Waals surface area (Å²) in [7, 11) is 0. The smallest absolute Gasteiger partial charge is 0.342 e. The molecule has 6 nitrogen and oxygen atoms in total. The van der Waals surface area contributed by atoms with E-state index in [0.717, 1.165) is 5.56 Å². The number of carbonyl (C=O) groups excluding carboxylic acids is 2. The highest BCUT2D eigenvalue weighted by molar-refractivity contribution is 5.96. The molecule has 0 aliphatic carbocycles. The monoisotopic (exact) mass is 343 g/mol. The molecule has 0 saturated carbocycles. The summed E-state index contributed by atoms with van der Waals surface area (Å²) < 4.78 is 9.95. The Morgan fingerprint density at radius 1 is 1.20 bits per heavy atom. The number of benzene rings is 1. The molecule has 1 aromatic heterocycles. The van der Waals surface area contributed by atoms with Crippen LogP contribution in [0.4, 0.5) is 5.69 Å². The first-order chi connectivity index (χ1) is 11.8. The van der Waals surface area contributed by atoms with Crippen LogP contribution in [0.1, 0.15) is 47.0 Å². The summed E-state index contributed by atoms with van der Waals surface area (Å²) in [5.41, 5.74) is 1.77. The second kappa shape index (κ2) is 7.79. The zero-order chi connectivity index (χ0) is 18.6. The second-order valence-corrected chi connectivity index (χ2v) is 6.05. The highest BCUT2D eigenvalue weighted by atomic mass is 16.5. The summed E-state index contributed by atoms with van der Waals surface area (Å²) in [4.78, 5) is 35.5. The van der Waals surface area contributed by atoms with Gasteiger partial charge in [0.1, 0.15) is 11.3 Å². The number of carbonyl (C=O) groups is 2. The van der Waals surface area contributed by atoms with Crippen LogP contribution in [0, 0.1) is 13.8 Å². The van der Waals surface area contributed by atoms with E-state index in [1.807, 2.05) is 32.0 Å². The predicted molar refractivity (Wildman–Crippen MR) is 93.9 cm³/mol. The zero-order valence-corrected chi connectivity index (χ0v) is 14.7. The fourth-order valence-corrected chi connectivity index (χ4v) is 2.57. The van der Waals surface area contributed by atoms with E-state index in [-0.39, 0.29) is 17.2 Å². The first-order valence-corrected chi connectivity index (χ1v) is 7.97. The Morgan fingerprint density at radius 2 is 1.88 bits per heavy atom. The van der Waals surface area contributed by atoms with Crippen LogP contribution < -0.4 is 10.9 Å². The lowest BCUT2D eigenvalue weighted by Gasteiger charge is -2.14. The molecule has 2 rings (SSSR count). The lowest BCUT2D eigenvalue weighted by Crippen LogP contribution is -2.22. The number of aryl methyl sites for hydroxylation is 2. The highest BCUT2D eigenvalue weighted by Gasteiger charge is 2.18. The molecule has 1 heterocycles. The molecule has 0 spiro atoms. The topological polar surface area (TPSA) is 85.6 Å². The van der Waals surface area contributed by atoms with Crippen LogP contribution in [0.2, 0.25) is 0 Å². The van der Waals surface area contributed by atoms with Gasteiger partial charge in [0.05, 0.1) is 0 Å². The van der Waals surface area contributed by atoms with Crippen molar-refractivity contribution in [3.05, 3.63) is 63.2 Å². The van der Waals surface area contributed by atoms with Crippen molar-refractivity contribution in [1.29, 1.82) is 0 Å². The van der Waals surface area contributed by atoms with E-state index in [4.69, 9.17) is 9.15 Å². The molecule has 0 unspecified atom stereocenters. The maximum atomic E-state index is 12.2. The minimum atomic E-state index is -0.703. The molecule has 2 aromatic rings. The standard InChI is InChI=1S/C19H21NO5/c1-11(2)14-7-5-6-8-15(14)20-16(21)10-24-19(23)18-12(3)9-17(22)25-13(18)4/h5-9,11H,10H2,1-4H3,(H,20,21). The van der Waals surface area contributed by atoms with E-state index in [1.54, 1.807) is 13.0 Å². The van der Waals surface area contributed by atoms with E-state index < -0.39 is 24.1 Å². The third kappa shape index (κ3) is 4.56. The minimum Gasteiger partial charge on any atom is -0.452 e. The summed E-state index contributed by atoms with van der Waals surface area (Å²) >= 11 is 0. The normalized spacial score (nSPS) is 10.6. The van der Waals surface area contributed by atoms with Crippen LogP contribution >= 0.6 is 0 Å². The van der Waals surface area contributed by atoms with Crippen molar-refractivity contribution in [3.63, 3.8) is 0 Å². The van der Waals surface area contributed by atoms with Gasteiger partial charge in [0.2, 0.25) is 0 Å². The Labute approximate surface area is 145 Å². The lowest BCUT2D eigenvalue weighted by atomic mass is 10.0. The Balaban J connectivity index is 2.04. The molecule has 0 atom stereocenters. The summed E-state index contributed by atoms with van der Waals surface area (Å²) in [6, 6.07) is 8.68. The average molecular weight is 343 g/mol. The third-order valence-corrected chi connectivity index (χ3v) is 3.73. The van der Waals surface area contributed by atoms with E-state index in [1.165, 1.54) is 13.0 Å². The van der Waals surface area contributed by atoms with Crippen molar-refractivity contribution in [2.24, 2.45) is 0 Å². The molecule has 25 heavy (non-hydrogen) atoms. The van der Waals surface area contributed by atoms with Gasteiger partial charge in [0.25, 0.3) is 5.91 Å². The van der Waals surface area contributed by atoms with E-state index in [2.05, 4.69) is 5.32 Å². The van der Waals surface area contributed by atoms with Crippen LogP contribution in [0.25, 0.3) is 0 Å². The molecular weight excluding hydrogens is 322 g/mol. The molecule has 0 aliphatic heterocycles. The molecule has 6 heteroatoms. The summed E-state index contributed by atoms with van der Waals surface area (Å²) in [5.74, 6) is -0.725. The summed E-state index contributed by atoms with van der Waals surface area (Å²) in [5, 5.41) is 2.75. The molecule has 132 valence electrons. The number of amides is 1. The van der Waals surface area contributed by atoms with Crippen molar-refractivity contribution in [2.75, 3.05) is 11.9 Å². The third-order valence-electron chi connectivity index (χ3n) is 3.73. The number of ether oxygens (including phenoxy) is 1. The van der Waals surface area contributed by atoms with Gasteiger partial charge < -0.3 is 14.5 Å². The van der Waals surface area contributed by atoms with E-state index in [0.29, 0.717) is 11.3 Å². The SMILES string of the molecule is Cc1cc(=O)oc(C)c1C(=O)OCC(=O)Nc1ccccc1C(C)C. The molecule has 1 amide bonds. The predicted octanol–water partition coefficient (Wildman–Crippen LogP) is 3.18. The first kappa shape index (κ1) is 18.4. The van der Waals surface area contributed by atoms with Gasteiger partial charge in [-0.1, -0.05) is 32.0 Å². The largest absolute Gasteiger partial charge is 0.452 e. The minimum absolute atomic E-state index is 0.162. The molecule has 0 fully saturated rings. The van der Waals surface area contributed by atoms with Crippen molar-refractivity contribution < 1.29 is 18.7 Å². The molecule has 0 bridgehead atoms. The Hall–Kier alpha value is -2.89. The Morgan fingerprint density at radius 3 is 2.52 bits per heavy atom. The van der Waals surface area contributed by atoms with Gasteiger partial charge in [-0.2, -0.15) is 0 Å². The summed E-state index contributed by atoms with van der Waals surface area (Å²) in [6.45, 7) is 6.74. The van der Waals surface area contributed by atoms with Crippen LogP contribution in [-0.4, -0.2) is 18.5 Å². The van der Waals surface area contributed by atoms with Crippen LogP contribution in [-0.2, 0) is 9.53 Å². The number of rotatable bonds is 5. The van der Waals surface area contributed by atoms with Gasteiger partial charge >= 0.3 is 11.6 Å². The number of anilines is 1. The number of esters is 1. The summed E-state index contributed by atoms with van der Waals surface area (Å²) in [6.07, 6.45) is 0. The van der Waals surface area contributed by atoms with Gasteiger partial charge in [-0.05, 0) is 37.0 Å². The van der Waals surface area contributed by atoms with Gasteiger partial charge in [-0.25, -0.2) is 9.59 Å². The maximum Gasteiger partial charge on any atom is 0.342 e. The van der Waals surface area contributed by atoms with E-state index >= 15 is 0 Å². The highest BCUT2D eigenvalue weighted by Crippen LogP contribution is 2.23. The molecule has 1 aromatic carbocycles. The maximum absolute atomic E-state index is 12.2. The van der Waals surface area contributed by atoms with Gasteiger partial charge in [0.15, 0.2) is 6.61 Å². The van der Waals surface area contributed by atoms with Gasteiger partial charge in [-0.3, -0.25) is 4.79 Å². The van der Waals surface area contributed by atoms with Gasteiger partial charge in [-0.15, -0.1) is 0 Å². The molecular formula is C19H21NO5. The van der Waals surface area contributed by atoms with Gasteiger partial charge in [0, 0.05) is 11.8 Å².